The van der Waals surface area contributed by atoms with Crippen molar-refractivity contribution in [3.05, 3.63) is 29.8 Å². The van der Waals surface area contributed by atoms with Gasteiger partial charge in [-0.2, -0.15) is 0 Å². The number of carbonyl (C=O) groups is 1. The Morgan fingerprint density at radius 2 is 2.19 bits per heavy atom. The van der Waals surface area contributed by atoms with Gasteiger partial charge in [-0.3, -0.25) is 4.79 Å². The quantitative estimate of drug-likeness (QED) is 0.565. The fourth-order valence-corrected chi connectivity index (χ4v) is 2.38. The van der Waals surface area contributed by atoms with Gasteiger partial charge in [-0.1, -0.05) is 0 Å². The van der Waals surface area contributed by atoms with Gasteiger partial charge < -0.3 is 21.1 Å². The summed E-state index contributed by atoms with van der Waals surface area (Å²) in [6, 6.07) is 5.66. The fraction of sp³-hybridized carbons (Fsp3) is 0.438. The molecule has 1 atom stereocenters. The molecule has 2 rings (SSSR count). The Labute approximate surface area is 125 Å². The van der Waals surface area contributed by atoms with Crippen LogP contribution in [0.1, 0.15) is 25.3 Å². The largest absolute Gasteiger partial charge is 0.398 e. The maximum absolute atomic E-state index is 11.7. The molecule has 1 amide bonds. The highest BCUT2D eigenvalue weighted by molar-refractivity contribution is 5.93. The number of benzene rings is 1. The Morgan fingerprint density at radius 1 is 1.48 bits per heavy atom. The number of hydrogen-bond acceptors (Lipinski definition) is 4. The Morgan fingerprint density at radius 3 is 2.86 bits per heavy atom. The summed E-state index contributed by atoms with van der Waals surface area (Å²) in [6.07, 6.45) is 5.61. The monoisotopic (exact) mass is 289 g/mol. The first-order chi connectivity index (χ1) is 10.1. The van der Waals surface area contributed by atoms with Gasteiger partial charge >= 0.3 is 0 Å². The van der Waals surface area contributed by atoms with Crippen LogP contribution < -0.4 is 16.0 Å². The minimum atomic E-state index is -0.254. The number of aliphatic hydroxyl groups is 1. The lowest BCUT2D eigenvalue weighted by Crippen LogP contribution is -2.33. The standard InChI is InChI=1S/C16H23N3O2/c1-12(11-20)18-16(21)7-4-13-10-14(5-6-15(13)17)19-8-2-3-9-19/h4-7,10,12,20H,2-3,8-9,11,17H2,1H3,(H,18,21). The second kappa shape index (κ2) is 7.13. The Kier molecular flexibility index (Phi) is 5.22. The van der Waals surface area contributed by atoms with Gasteiger partial charge in [0.25, 0.3) is 0 Å². The van der Waals surface area contributed by atoms with Gasteiger partial charge in [-0.05, 0) is 49.6 Å². The van der Waals surface area contributed by atoms with Crippen molar-refractivity contribution >= 4 is 23.4 Å². The van der Waals surface area contributed by atoms with Crippen LogP contribution in [0, 0.1) is 0 Å². The van der Waals surface area contributed by atoms with Crippen molar-refractivity contribution in [1.82, 2.24) is 5.32 Å². The average Bonchev–Trinajstić information content (AvgIpc) is 3.00. The van der Waals surface area contributed by atoms with Gasteiger partial charge in [0, 0.05) is 36.6 Å². The van der Waals surface area contributed by atoms with E-state index < -0.39 is 0 Å². The summed E-state index contributed by atoms with van der Waals surface area (Å²) in [4.78, 5) is 14.0. The molecule has 0 aliphatic carbocycles. The predicted octanol–water partition coefficient (Wildman–Crippen LogP) is 1.38. The Balaban J connectivity index is 2.08. The summed E-state index contributed by atoms with van der Waals surface area (Å²) in [5.41, 5.74) is 8.59. The Bertz CT molecular complexity index is 522. The van der Waals surface area contributed by atoms with Crippen LogP contribution in [-0.2, 0) is 4.79 Å². The highest BCUT2D eigenvalue weighted by Crippen LogP contribution is 2.25. The van der Waals surface area contributed by atoms with Crippen molar-refractivity contribution in [2.24, 2.45) is 0 Å². The summed E-state index contributed by atoms with van der Waals surface area (Å²) in [6.45, 7) is 3.81. The molecule has 1 unspecified atom stereocenters. The minimum Gasteiger partial charge on any atom is -0.398 e. The number of nitrogens with one attached hydrogen (secondary N) is 1. The number of anilines is 2. The van der Waals surface area contributed by atoms with E-state index in [0.29, 0.717) is 5.69 Å². The number of rotatable bonds is 5. The van der Waals surface area contributed by atoms with Crippen molar-refractivity contribution in [3.8, 4) is 0 Å². The highest BCUT2D eigenvalue weighted by Gasteiger charge is 2.13. The molecular weight excluding hydrogens is 266 g/mol. The van der Waals surface area contributed by atoms with Crippen molar-refractivity contribution in [2.45, 2.75) is 25.8 Å². The van der Waals surface area contributed by atoms with Gasteiger partial charge in [-0.25, -0.2) is 0 Å². The summed E-state index contributed by atoms with van der Waals surface area (Å²) >= 11 is 0. The number of nitrogens with zero attached hydrogens (tertiary/aromatic N) is 1. The van der Waals surface area contributed by atoms with Crippen LogP contribution in [0.3, 0.4) is 0 Å². The summed E-state index contributed by atoms with van der Waals surface area (Å²) in [5.74, 6) is -0.234. The number of nitrogen functional groups attached to an aromatic ring is 1. The molecule has 5 heteroatoms. The molecule has 1 saturated heterocycles. The number of aliphatic hydroxyl groups excluding tert-OH is 1. The zero-order valence-electron chi connectivity index (χ0n) is 12.4. The number of nitrogens with two attached hydrogens (primary N) is 1. The first-order valence-electron chi connectivity index (χ1n) is 7.34. The Hall–Kier alpha value is -2.01. The second-order valence-electron chi connectivity index (χ2n) is 5.43. The summed E-state index contributed by atoms with van der Waals surface area (Å²) < 4.78 is 0. The van der Waals surface area contributed by atoms with Gasteiger partial charge in [0.2, 0.25) is 5.91 Å². The lowest BCUT2D eigenvalue weighted by molar-refractivity contribution is -0.117. The van der Waals surface area contributed by atoms with Gasteiger partial charge in [0.1, 0.15) is 0 Å². The van der Waals surface area contributed by atoms with Crippen molar-refractivity contribution in [1.29, 1.82) is 0 Å². The molecule has 21 heavy (non-hydrogen) atoms. The maximum atomic E-state index is 11.7. The number of hydrogen-bond donors (Lipinski definition) is 3. The van der Waals surface area contributed by atoms with Crippen LogP contribution in [0.2, 0.25) is 0 Å². The first-order valence-corrected chi connectivity index (χ1v) is 7.34. The maximum Gasteiger partial charge on any atom is 0.244 e. The smallest absolute Gasteiger partial charge is 0.244 e. The molecule has 1 aliphatic heterocycles. The first kappa shape index (κ1) is 15.4. The predicted molar refractivity (Wildman–Crippen MR) is 86.0 cm³/mol. The van der Waals surface area contributed by atoms with Crippen LogP contribution >= 0.6 is 0 Å². The second-order valence-corrected chi connectivity index (χ2v) is 5.43. The average molecular weight is 289 g/mol. The number of carbonyl (C=O) groups excluding carboxylic acids is 1. The topological polar surface area (TPSA) is 78.6 Å². The molecule has 1 aliphatic rings. The van der Waals surface area contributed by atoms with E-state index in [9.17, 15) is 4.79 Å². The fourth-order valence-electron chi connectivity index (χ4n) is 2.38. The molecule has 0 saturated carbocycles. The molecule has 0 bridgehead atoms. The third-order valence-corrected chi connectivity index (χ3v) is 3.62. The van der Waals surface area contributed by atoms with Crippen LogP contribution in [0.25, 0.3) is 6.08 Å². The van der Waals surface area contributed by atoms with Crippen molar-refractivity contribution in [2.75, 3.05) is 30.3 Å². The molecule has 1 aromatic rings. The lowest BCUT2D eigenvalue weighted by Gasteiger charge is -2.18. The van der Waals surface area contributed by atoms with E-state index in [1.165, 1.54) is 18.9 Å². The minimum absolute atomic E-state index is 0.0772. The van der Waals surface area contributed by atoms with Crippen LogP contribution in [-0.4, -0.2) is 36.8 Å². The highest BCUT2D eigenvalue weighted by atomic mass is 16.3. The molecule has 1 aromatic carbocycles. The van der Waals surface area contributed by atoms with E-state index in [1.807, 2.05) is 18.2 Å². The van der Waals surface area contributed by atoms with Gasteiger partial charge in [0.05, 0.1) is 6.61 Å². The molecule has 0 radical (unpaired) electrons. The third-order valence-electron chi connectivity index (χ3n) is 3.62. The van der Waals surface area contributed by atoms with Crippen molar-refractivity contribution in [3.63, 3.8) is 0 Å². The van der Waals surface area contributed by atoms with E-state index >= 15 is 0 Å². The molecule has 4 N–H and O–H groups in total. The van der Waals surface area contributed by atoms with Crippen LogP contribution in [0.5, 0.6) is 0 Å². The molecule has 1 heterocycles. The van der Waals surface area contributed by atoms with E-state index in [4.69, 9.17) is 10.8 Å². The molecular formula is C16H23N3O2. The van der Waals surface area contributed by atoms with E-state index in [1.54, 1.807) is 13.0 Å². The summed E-state index contributed by atoms with van der Waals surface area (Å²) in [5, 5.41) is 11.6. The number of amides is 1. The molecule has 0 aromatic heterocycles. The van der Waals surface area contributed by atoms with Gasteiger partial charge in [-0.15, -0.1) is 0 Å². The molecule has 114 valence electrons. The zero-order chi connectivity index (χ0) is 15.2. The molecule has 0 spiro atoms. The normalized spacial score (nSPS) is 16.4. The van der Waals surface area contributed by atoms with Gasteiger partial charge in [0.15, 0.2) is 0 Å². The van der Waals surface area contributed by atoms with Crippen molar-refractivity contribution < 1.29 is 9.90 Å². The van der Waals surface area contributed by atoms with Crippen LogP contribution in [0.15, 0.2) is 24.3 Å². The summed E-state index contributed by atoms with van der Waals surface area (Å²) in [7, 11) is 0. The molecule has 1 fully saturated rings. The zero-order valence-corrected chi connectivity index (χ0v) is 12.4. The van der Waals surface area contributed by atoms with E-state index in [-0.39, 0.29) is 18.6 Å². The van der Waals surface area contributed by atoms with Crippen LogP contribution in [0.4, 0.5) is 11.4 Å². The SMILES string of the molecule is CC(CO)NC(=O)C=Cc1cc(N2CCCC2)ccc1N. The third kappa shape index (κ3) is 4.23. The van der Waals surface area contributed by atoms with E-state index in [0.717, 1.165) is 24.3 Å². The lowest BCUT2D eigenvalue weighted by atomic mass is 10.1. The molecule has 5 nitrogen and oxygen atoms in total. The van der Waals surface area contributed by atoms with E-state index in [2.05, 4.69) is 10.2 Å².